The van der Waals surface area contributed by atoms with Crippen LogP contribution in [-0.2, 0) is 9.53 Å². The molecule has 1 saturated heterocycles. The molecule has 0 radical (unpaired) electrons. The van der Waals surface area contributed by atoms with Gasteiger partial charge in [0.05, 0.1) is 12.2 Å². The number of carboxylic acids is 1. The average Bonchev–Trinajstić information content (AvgIpc) is 2.61. The summed E-state index contributed by atoms with van der Waals surface area (Å²) in [6.07, 6.45) is 0.509. The molecule has 2 heterocycles. The lowest BCUT2D eigenvalue weighted by atomic mass is 10.2. The average molecular weight is 222 g/mol. The number of hydrogen-bond acceptors (Lipinski definition) is 4. The number of pyridine rings is 1. The summed E-state index contributed by atoms with van der Waals surface area (Å²) < 4.78 is 5.02. The molecule has 1 atom stereocenters. The van der Waals surface area contributed by atoms with Gasteiger partial charge in [0.1, 0.15) is 6.54 Å². The van der Waals surface area contributed by atoms with Crippen LogP contribution in [0.1, 0.15) is 11.8 Å². The van der Waals surface area contributed by atoms with Crippen LogP contribution in [0, 0.1) is 0 Å². The number of amides is 1. The maximum Gasteiger partial charge on any atom is 0.411 e. The molecule has 84 valence electrons. The van der Waals surface area contributed by atoms with Crippen molar-refractivity contribution in [1.29, 1.82) is 0 Å². The monoisotopic (exact) mass is 222 g/mol. The predicted molar refractivity (Wildman–Crippen MR) is 52.7 cm³/mol. The van der Waals surface area contributed by atoms with Gasteiger partial charge in [-0.3, -0.25) is 14.7 Å². The normalized spacial score (nSPS) is 19.6. The minimum Gasteiger partial charge on any atom is -0.480 e. The van der Waals surface area contributed by atoms with Gasteiger partial charge in [-0.15, -0.1) is 0 Å². The van der Waals surface area contributed by atoms with Crippen molar-refractivity contribution in [2.24, 2.45) is 0 Å². The first kappa shape index (κ1) is 10.4. The lowest BCUT2D eigenvalue weighted by molar-refractivity contribution is -0.137. The molecule has 1 aliphatic rings. The molecule has 1 fully saturated rings. The molecule has 1 amide bonds. The molecule has 1 N–H and O–H groups in total. The minimum absolute atomic E-state index is 0.224. The number of carbonyl (C=O) groups is 2. The number of ether oxygens (including phenoxy) is 1. The Morgan fingerprint density at radius 3 is 3.06 bits per heavy atom. The summed E-state index contributed by atoms with van der Waals surface area (Å²) in [4.78, 5) is 27.0. The highest BCUT2D eigenvalue weighted by molar-refractivity contribution is 5.78. The van der Waals surface area contributed by atoms with Gasteiger partial charge in [0.2, 0.25) is 0 Å². The number of carboxylic acid groups (broad SMARTS) is 1. The highest BCUT2D eigenvalue weighted by atomic mass is 16.6. The zero-order valence-corrected chi connectivity index (χ0v) is 8.37. The van der Waals surface area contributed by atoms with Gasteiger partial charge < -0.3 is 9.84 Å². The standard InChI is InChI=1S/C10H10N2O4/c13-9(14)6-12-5-8(16-10(12)15)7-3-1-2-4-11-7/h1-4,8H,5-6H2,(H,13,14). The molecular formula is C10H10N2O4. The van der Waals surface area contributed by atoms with E-state index in [1.807, 2.05) is 0 Å². The Morgan fingerprint density at radius 2 is 2.44 bits per heavy atom. The van der Waals surface area contributed by atoms with Crippen molar-refractivity contribution in [2.45, 2.75) is 6.10 Å². The molecule has 0 spiro atoms. The molecule has 1 unspecified atom stereocenters. The topological polar surface area (TPSA) is 79.7 Å². The minimum atomic E-state index is -1.06. The predicted octanol–water partition coefficient (Wildman–Crippen LogP) is 0.660. The lowest BCUT2D eigenvalue weighted by Crippen LogP contribution is -2.30. The van der Waals surface area contributed by atoms with E-state index in [9.17, 15) is 9.59 Å². The summed E-state index contributed by atoms with van der Waals surface area (Å²) in [5.41, 5.74) is 0.628. The van der Waals surface area contributed by atoms with Crippen molar-refractivity contribution in [2.75, 3.05) is 13.1 Å². The van der Waals surface area contributed by atoms with Gasteiger partial charge in [-0.2, -0.15) is 0 Å². The zero-order chi connectivity index (χ0) is 11.5. The molecule has 16 heavy (non-hydrogen) atoms. The van der Waals surface area contributed by atoms with Gasteiger partial charge in [0, 0.05) is 6.20 Å². The Morgan fingerprint density at radius 1 is 1.62 bits per heavy atom. The SMILES string of the molecule is O=C(O)CN1CC(c2ccccn2)OC1=O. The summed E-state index contributed by atoms with van der Waals surface area (Å²) in [7, 11) is 0. The van der Waals surface area contributed by atoms with Crippen LogP contribution in [-0.4, -0.2) is 40.1 Å². The Balaban J connectivity index is 2.07. The number of rotatable bonds is 3. The van der Waals surface area contributed by atoms with Crippen LogP contribution in [0.25, 0.3) is 0 Å². The summed E-state index contributed by atoms with van der Waals surface area (Å²) in [5, 5.41) is 8.58. The smallest absolute Gasteiger partial charge is 0.411 e. The number of hydrogen-bond donors (Lipinski definition) is 1. The van der Waals surface area contributed by atoms with Gasteiger partial charge in [-0.05, 0) is 12.1 Å². The second-order valence-corrected chi connectivity index (χ2v) is 3.40. The van der Waals surface area contributed by atoms with Gasteiger partial charge >= 0.3 is 12.1 Å². The molecule has 6 heteroatoms. The number of cyclic esters (lactones) is 1. The first-order chi connectivity index (χ1) is 7.66. The van der Waals surface area contributed by atoms with Gasteiger partial charge in [0.25, 0.3) is 0 Å². The molecular weight excluding hydrogens is 212 g/mol. The Hall–Kier alpha value is -2.11. The molecule has 6 nitrogen and oxygen atoms in total. The number of aliphatic carboxylic acids is 1. The van der Waals surface area contributed by atoms with Crippen molar-refractivity contribution in [3.05, 3.63) is 30.1 Å². The summed E-state index contributed by atoms with van der Waals surface area (Å²) in [5.74, 6) is -1.06. The number of aromatic nitrogens is 1. The van der Waals surface area contributed by atoms with Crippen molar-refractivity contribution >= 4 is 12.1 Å². The quantitative estimate of drug-likeness (QED) is 0.812. The van der Waals surface area contributed by atoms with Crippen molar-refractivity contribution in [3.63, 3.8) is 0 Å². The molecule has 1 aliphatic heterocycles. The maximum atomic E-state index is 11.3. The second-order valence-electron chi connectivity index (χ2n) is 3.40. The number of nitrogens with zero attached hydrogens (tertiary/aromatic N) is 2. The highest BCUT2D eigenvalue weighted by Gasteiger charge is 2.33. The van der Waals surface area contributed by atoms with Crippen molar-refractivity contribution in [3.8, 4) is 0 Å². The van der Waals surface area contributed by atoms with E-state index in [4.69, 9.17) is 9.84 Å². The summed E-state index contributed by atoms with van der Waals surface area (Å²) in [6.45, 7) is -0.121. The Kier molecular flexibility index (Phi) is 2.72. The molecule has 0 bridgehead atoms. The van der Waals surface area contributed by atoms with Crippen LogP contribution in [0.2, 0.25) is 0 Å². The Bertz CT molecular complexity index is 407. The molecule has 0 aliphatic carbocycles. The van der Waals surface area contributed by atoms with E-state index in [-0.39, 0.29) is 13.1 Å². The first-order valence-corrected chi connectivity index (χ1v) is 4.75. The van der Waals surface area contributed by atoms with Gasteiger partial charge in [-0.1, -0.05) is 6.07 Å². The summed E-state index contributed by atoms with van der Waals surface area (Å²) >= 11 is 0. The maximum absolute atomic E-state index is 11.3. The van der Waals surface area contributed by atoms with E-state index in [0.29, 0.717) is 5.69 Å². The largest absolute Gasteiger partial charge is 0.480 e. The molecule has 2 rings (SSSR count). The van der Waals surface area contributed by atoms with Crippen LogP contribution < -0.4 is 0 Å². The van der Waals surface area contributed by atoms with Crippen LogP contribution in [0.15, 0.2) is 24.4 Å². The molecule has 1 aromatic heterocycles. The van der Waals surface area contributed by atoms with Crippen molar-refractivity contribution in [1.82, 2.24) is 9.88 Å². The van der Waals surface area contributed by atoms with Crippen LogP contribution in [0.4, 0.5) is 4.79 Å². The zero-order valence-electron chi connectivity index (χ0n) is 8.37. The number of carbonyl (C=O) groups excluding carboxylic acids is 1. The van der Waals surface area contributed by atoms with E-state index in [0.717, 1.165) is 4.90 Å². The van der Waals surface area contributed by atoms with Crippen molar-refractivity contribution < 1.29 is 19.4 Å². The van der Waals surface area contributed by atoms with E-state index >= 15 is 0 Å². The fraction of sp³-hybridized carbons (Fsp3) is 0.300. The fourth-order valence-electron chi connectivity index (χ4n) is 1.52. The third-order valence-corrected chi connectivity index (χ3v) is 2.23. The first-order valence-electron chi connectivity index (χ1n) is 4.75. The third kappa shape index (κ3) is 2.10. The molecule has 0 saturated carbocycles. The Labute approximate surface area is 91.5 Å². The van der Waals surface area contributed by atoms with Gasteiger partial charge in [-0.25, -0.2) is 4.79 Å². The van der Waals surface area contributed by atoms with E-state index in [1.54, 1.807) is 24.4 Å². The van der Waals surface area contributed by atoms with Crippen LogP contribution in [0.3, 0.4) is 0 Å². The molecule has 0 aromatic carbocycles. The highest BCUT2D eigenvalue weighted by Crippen LogP contribution is 2.23. The van der Waals surface area contributed by atoms with Gasteiger partial charge in [0.15, 0.2) is 6.10 Å². The van der Waals surface area contributed by atoms with E-state index in [2.05, 4.69) is 4.98 Å². The second kappa shape index (κ2) is 4.18. The van der Waals surface area contributed by atoms with Crippen LogP contribution in [0.5, 0.6) is 0 Å². The third-order valence-electron chi connectivity index (χ3n) is 2.23. The lowest BCUT2D eigenvalue weighted by Gasteiger charge is -2.08. The summed E-state index contributed by atoms with van der Waals surface area (Å²) in [6, 6.07) is 5.29. The van der Waals surface area contributed by atoms with E-state index in [1.165, 1.54) is 0 Å². The van der Waals surface area contributed by atoms with Crippen LogP contribution >= 0.6 is 0 Å². The van der Waals surface area contributed by atoms with E-state index < -0.39 is 18.2 Å². The molecule has 1 aromatic rings. The fourth-order valence-corrected chi connectivity index (χ4v) is 1.52.